The van der Waals surface area contributed by atoms with E-state index in [9.17, 15) is 21.9 Å². The van der Waals surface area contributed by atoms with Gasteiger partial charge in [-0.25, -0.2) is 16.8 Å². The van der Waals surface area contributed by atoms with E-state index in [0.717, 1.165) is 12.1 Å². The molecule has 3 aromatic carbocycles. The molecule has 0 bridgehead atoms. The molecule has 0 aliphatic carbocycles. The summed E-state index contributed by atoms with van der Waals surface area (Å²) in [7, 11) is -8.23. The van der Waals surface area contributed by atoms with E-state index in [0.29, 0.717) is 10.0 Å². The van der Waals surface area contributed by atoms with Gasteiger partial charge in [-0.05, 0) is 54.6 Å². The molecule has 0 aliphatic rings. The van der Waals surface area contributed by atoms with Crippen LogP contribution in [0.2, 0.25) is 15.1 Å². The van der Waals surface area contributed by atoms with Crippen LogP contribution in [0.4, 0.5) is 11.4 Å². The molecular formula is C18H13Cl3N2O5S2. The van der Waals surface area contributed by atoms with Crippen LogP contribution in [0.3, 0.4) is 0 Å². The summed E-state index contributed by atoms with van der Waals surface area (Å²) in [5.74, 6) is -0.445. The van der Waals surface area contributed by atoms with Crippen LogP contribution in [0.1, 0.15) is 0 Å². The normalized spacial score (nSPS) is 11.8. The van der Waals surface area contributed by atoms with Gasteiger partial charge >= 0.3 is 0 Å². The van der Waals surface area contributed by atoms with Crippen molar-refractivity contribution in [3.05, 3.63) is 75.7 Å². The molecule has 0 fully saturated rings. The van der Waals surface area contributed by atoms with Gasteiger partial charge in [0.1, 0.15) is 5.75 Å². The van der Waals surface area contributed by atoms with Crippen molar-refractivity contribution in [2.45, 2.75) is 9.79 Å². The number of aromatic hydroxyl groups is 1. The fraction of sp³-hybridized carbons (Fsp3) is 0. The molecule has 0 radical (unpaired) electrons. The third kappa shape index (κ3) is 5.11. The predicted molar refractivity (Wildman–Crippen MR) is 118 cm³/mol. The van der Waals surface area contributed by atoms with Crippen molar-refractivity contribution in [1.82, 2.24) is 0 Å². The van der Waals surface area contributed by atoms with E-state index in [4.69, 9.17) is 34.8 Å². The molecule has 0 saturated heterocycles. The molecule has 158 valence electrons. The van der Waals surface area contributed by atoms with Crippen molar-refractivity contribution in [3.8, 4) is 5.75 Å². The molecule has 0 aliphatic heterocycles. The summed E-state index contributed by atoms with van der Waals surface area (Å²) in [6.07, 6.45) is 0. The number of sulfonamides is 2. The lowest BCUT2D eigenvalue weighted by Crippen LogP contribution is -2.17. The Balaban J connectivity index is 2.01. The zero-order valence-corrected chi connectivity index (χ0v) is 18.7. The fourth-order valence-electron chi connectivity index (χ4n) is 2.37. The lowest BCUT2D eigenvalue weighted by molar-refractivity contribution is 0.476. The summed E-state index contributed by atoms with van der Waals surface area (Å²) in [6.45, 7) is 0. The molecule has 0 heterocycles. The zero-order chi connectivity index (χ0) is 22.1. The molecule has 3 rings (SSSR count). The lowest BCUT2D eigenvalue weighted by Gasteiger charge is -2.16. The van der Waals surface area contributed by atoms with Crippen molar-refractivity contribution in [2.24, 2.45) is 0 Å². The van der Waals surface area contributed by atoms with Crippen molar-refractivity contribution in [2.75, 3.05) is 9.44 Å². The van der Waals surface area contributed by atoms with Gasteiger partial charge in [-0.15, -0.1) is 0 Å². The summed E-state index contributed by atoms with van der Waals surface area (Å²) in [5, 5.41) is 10.4. The van der Waals surface area contributed by atoms with Crippen LogP contribution in [-0.4, -0.2) is 21.9 Å². The van der Waals surface area contributed by atoms with Crippen molar-refractivity contribution < 1.29 is 21.9 Å². The SMILES string of the molecule is O=S(=O)(Nc1cc(O)c(Cl)cc1NS(=O)(=O)c1ccc(Cl)cc1)c1ccc(Cl)cc1. The Morgan fingerprint density at radius 2 is 1.00 bits per heavy atom. The zero-order valence-electron chi connectivity index (χ0n) is 14.8. The molecule has 0 saturated carbocycles. The molecule has 0 amide bonds. The first-order valence-electron chi connectivity index (χ1n) is 8.07. The van der Waals surface area contributed by atoms with Gasteiger partial charge in [0.15, 0.2) is 0 Å². The molecular weight excluding hydrogens is 495 g/mol. The van der Waals surface area contributed by atoms with Gasteiger partial charge in [-0.2, -0.15) is 0 Å². The minimum Gasteiger partial charge on any atom is -0.506 e. The van der Waals surface area contributed by atoms with Gasteiger partial charge in [0.05, 0.1) is 26.2 Å². The first-order chi connectivity index (χ1) is 14.0. The average Bonchev–Trinajstić information content (AvgIpc) is 2.66. The van der Waals surface area contributed by atoms with E-state index in [-0.39, 0.29) is 26.2 Å². The summed E-state index contributed by atoms with van der Waals surface area (Å²) >= 11 is 17.5. The van der Waals surface area contributed by atoms with Gasteiger partial charge in [-0.3, -0.25) is 9.44 Å². The summed E-state index contributed by atoms with van der Waals surface area (Å²) in [6, 6.07) is 12.8. The van der Waals surface area contributed by atoms with Crippen LogP contribution in [0.15, 0.2) is 70.5 Å². The molecule has 0 atom stereocenters. The number of hydrogen-bond donors (Lipinski definition) is 3. The Kier molecular flexibility index (Phi) is 6.40. The first kappa shape index (κ1) is 22.5. The van der Waals surface area contributed by atoms with E-state index in [1.807, 2.05) is 0 Å². The van der Waals surface area contributed by atoms with Crippen LogP contribution >= 0.6 is 34.8 Å². The molecule has 3 N–H and O–H groups in total. The topological polar surface area (TPSA) is 113 Å². The highest BCUT2D eigenvalue weighted by Gasteiger charge is 2.21. The van der Waals surface area contributed by atoms with E-state index in [1.54, 1.807) is 0 Å². The number of phenols is 1. The number of phenolic OH excluding ortho intramolecular Hbond substituents is 1. The van der Waals surface area contributed by atoms with E-state index in [1.165, 1.54) is 48.5 Å². The molecule has 30 heavy (non-hydrogen) atoms. The number of hydrogen-bond acceptors (Lipinski definition) is 5. The van der Waals surface area contributed by atoms with Gasteiger partial charge in [0.2, 0.25) is 0 Å². The average molecular weight is 508 g/mol. The lowest BCUT2D eigenvalue weighted by atomic mass is 10.2. The maximum absolute atomic E-state index is 12.7. The Morgan fingerprint density at radius 3 is 1.40 bits per heavy atom. The predicted octanol–water partition coefficient (Wildman–Crippen LogP) is 4.95. The minimum absolute atomic E-state index is 0.109. The van der Waals surface area contributed by atoms with E-state index >= 15 is 0 Å². The van der Waals surface area contributed by atoms with Crippen LogP contribution in [0.5, 0.6) is 5.75 Å². The van der Waals surface area contributed by atoms with Gasteiger partial charge in [0.25, 0.3) is 20.0 Å². The number of anilines is 2. The minimum atomic E-state index is -4.12. The van der Waals surface area contributed by atoms with Crippen LogP contribution in [-0.2, 0) is 20.0 Å². The fourth-order valence-corrected chi connectivity index (χ4v) is 4.92. The summed E-state index contributed by atoms with van der Waals surface area (Å²) in [5.41, 5.74) is -0.422. The Bertz CT molecular complexity index is 1190. The van der Waals surface area contributed by atoms with Gasteiger partial charge in [0, 0.05) is 16.1 Å². The number of nitrogens with one attached hydrogen (secondary N) is 2. The van der Waals surface area contributed by atoms with Crippen molar-refractivity contribution in [1.29, 1.82) is 0 Å². The van der Waals surface area contributed by atoms with E-state index in [2.05, 4.69) is 9.44 Å². The molecule has 0 spiro atoms. The molecule has 0 unspecified atom stereocenters. The smallest absolute Gasteiger partial charge is 0.261 e. The van der Waals surface area contributed by atoms with Crippen LogP contribution in [0, 0.1) is 0 Å². The van der Waals surface area contributed by atoms with Crippen molar-refractivity contribution in [3.63, 3.8) is 0 Å². The van der Waals surface area contributed by atoms with Crippen LogP contribution < -0.4 is 9.44 Å². The largest absolute Gasteiger partial charge is 0.506 e. The highest BCUT2D eigenvalue weighted by Crippen LogP contribution is 2.36. The molecule has 12 heteroatoms. The van der Waals surface area contributed by atoms with E-state index < -0.39 is 25.8 Å². The number of halogens is 3. The quantitative estimate of drug-likeness (QED) is 0.408. The van der Waals surface area contributed by atoms with Gasteiger partial charge in [-0.1, -0.05) is 34.8 Å². The monoisotopic (exact) mass is 506 g/mol. The Labute approximate surface area is 188 Å². The highest BCUT2D eigenvalue weighted by atomic mass is 35.5. The first-order valence-corrected chi connectivity index (χ1v) is 12.2. The summed E-state index contributed by atoms with van der Waals surface area (Å²) < 4.78 is 55.2. The molecule has 7 nitrogen and oxygen atoms in total. The second kappa shape index (κ2) is 8.52. The third-order valence-electron chi connectivity index (χ3n) is 3.82. The summed E-state index contributed by atoms with van der Waals surface area (Å²) in [4.78, 5) is -0.226. The third-order valence-corrected chi connectivity index (χ3v) is 7.39. The number of rotatable bonds is 6. The maximum atomic E-state index is 12.7. The highest BCUT2D eigenvalue weighted by molar-refractivity contribution is 7.93. The maximum Gasteiger partial charge on any atom is 0.261 e. The second-order valence-corrected chi connectivity index (χ2v) is 10.6. The number of benzene rings is 3. The van der Waals surface area contributed by atoms with Gasteiger partial charge < -0.3 is 5.11 Å². The molecule has 3 aromatic rings. The second-order valence-electron chi connectivity index (χ2n) is 5.97. The Hall–Kier alpha value is -2.17. The molecule has 0 aromatic heterocycles. The van der Waals surface area contributed by atoms with Crippen molar-refractivity contribution >= 4 is 66.2 Å². The van der Waals surface area contributed by atoms with Crippen LogP contribution in [0.25, 0.3) is 0 Å². The Morgan fingerprint density at radius 1 is 0.633 bits per heavy atom. The standard InChI is InChI=1S/C18H13Cl3N2O5S2/c19-11-1-5-13(6-2-11)29(25,26)22-16-9-15(21)18(24)10-17(16)23-30(27,28)14-7-3-12(20)4-8-14/h1-10,22-24H.